The van der Waals surface area contributed by atoms with E-state index in [1.54, 1.807) is 28.4 Å². The van der Waals surface area contributed by atoms with Gasteiger partial charge in [0, 0.05) is 11.1 Å². The number of H-pyrrole nitrogens is 1. The summed E-state index contributed by atoms with van der Waals surface area (Å²) < 4.78 is 21.9. The first-order valence-corrected chi connectivity index (χ1v) is 9.79. The quantitative estimate of drug-likeness (QED) is 0.434. The fourth-order valence-corrected chi connectivity index (χ4v) is 3.56. The van der Waals surface area contributed by atoms with E-state index in [1.165, 1.54) is 0 Å². The molecule has 4 aromatic rings. The molecule has 0 fully saturated rings. The highest BCUT2D eigenvalue weighted by molar-refractivity contribution is 5.83. The van der Waals surface area contributed by atoms with Crippen LogP contribution in [0.3, 0.4) is 0 Å². The van der Waals surface area contributed by atoms with Gasteiger partial charge < -0.3 is 23.9 Å². The van der Waals surface area contributed by atoms with Gasteiger partial charge in [-0.25, -0.2) is 4.98 Å². The minimum Gasteiger partial charge on any atom is -0.497 e. The number of aromatic amines is 1. The van der Waals surface area contributed by atoms with Gasteiger partial charge >= 0.3 is 0 Å². The molecule has 6 nitrogen and oxygen atoms in total. The summed E-state index contributed by atoms with van der Waals surface area (Å²) in [5.74, 6) is 3.13. The predicted octanol–water partition coefficient (Wildman–Crippen LogP) is 5.45. The lowest BCUT2D eigenvalue weighted by Gasteiger charge is -2.14. The van der Waals surface area contributed by atoms with Gasteiger partial charge in [-0.1, -0.05) is 30.3 Å². The Hall–Kier alpha value is -3.93. The van der Waals surface area contributed by atoms with Crippen molar-refractivity contribution in [2.75, 3.05) is 28.4 Å². The predicted molar refractivity (Wildman–Crippen MR) is 121 cm³/mol. The van der Waals surface area contributed by atoms with Crippen LogP contribution in [-0.2, 0) is 0 Å². The third kappa shape index (κ3) is 3.80. The van der Waals surface area contributed by atoms with Crippen LogP contribution in [-0.4, -0.2) is 38.4 Å². The summed E-state index contributed by atoms with van der Waals surface area (Å²) in [6.07, 6.45) is 0. The molecule has 0 amide bonds. The molecular formula is C25H24N2O4. The smallest absolute Gasteiger partial charge is 0.204 e. The van der Waals surface area contributed by atoms with Crippen molar-refractivity contribution in [3.63, 3.8) is 0 Å². The molecule has 1 heterocycles. The molecule has 158 valence electrons. The minimum atomic E-state index is 0.520. The van der Waals surface area contributed by atoms with E-state index >= 15 is 0 Å². The van der Waals surface area contributed by atoms with Crippen molar-refractivity contribution in [2.45, 2.75) is 0 Å². The summed E-state index contributed by atoms with van der Waals surface area (Å²) in [4.78, 5) is 8.43. The van der Waals surface area contributed by atoms with Crippen LogP contribution in [0.2, 0.25) is 0 Å². The summed E-state index contributed by atoms with van der Waals surface area (Å²) >= 11 is 0. The lowest BCUT2D eigenvalue weighted by atomic mass is 10.1. The van der Waals surface area contributed by atoms with E-state index in [2.05, 4.69) is 4.98 Å². The van der Waals surface area contributed by atoms with Crippen molar-refractivity contribution < 1.29 is 18.9 Å². The van der Waals surface area contributed by atoms with Crippen LogP contribution in [0.25, 0.3) is 33.9 Å². The number of methoxy groups -OCH3 is 4. The number of imidazole rings is 1. The number of ether oxygens (including phenoxy) is 4. The highest BCUT2D eigenvalue weighted by atomic mass is 16.5. The zero-order chi connectivity index (χ0) is 21.8. The monoisotopic (exact) mass is 416 g/mol. The van der Waals surface area contributed by atoms with Gasteiger partial charge in [0.1, 0.15) is 11.6 Å². The van der Waals surface area contributed by atoms with Crippen LogP contribution >= 0.6 is 0 Å². The van der Waals surface area contributed by atoms with Gasteiger partial charge in [-0.3, -0.25) is 0 Å². The van der Waals surface area contributed by atoms with Crippen molar-refractivity contribution in [3.8, 4) is 56.9 Å². The number of aromatic nitrogens is 2. The molecule has 0 aliphatic rings. The van der Waals surface area contributed by atoms with Gasteiger partial charge in [-0.15, -0.1) is 0 Å². The van der Waals surface area contributed by atoms with Crippen molar-refractivity contribution in [3.05, 3.63) is 66.7 Å². The first-order chi connectivity index (χ1) is 15.2. The van der Waals surface area contributed by atoms with E-state index in [4.69, 9.17) is 23.9 Å². The minimum absolute atomic E-state index is 0.520. The molecule has 4 rings (SSSR count). The standard InChI is InChI=1S/C25H24N2O4/c1-28-18-12-10-17(11-13-18)22-21(16-8-6-5-7-9-16)26-25(27-22)19-14-15-20(29-2)24(31-4)23(19)30-3/h5-15H,1-4H3,(H,26,27). The summed E-state index contributed by atoms with van der Waals surface area (Å²) in [6, 6.07) is 21.7. The van der Waals surface area contributed by atoms with E-state index in [0.717, 1.165) is 33.8 Å². The third-order valence-corrected chi connectivity index (χ3v) is 5.09. The molecule has 0 bridgehead atoms. The van der Waals surface area contributed by atoms with Gasteiger partial charge in [0.25, 0.3) is 0 Å². The van der Waals surface area contributed by atoms with Gasteiger partial charge in [0.05, 0.1) is 45.4 Å². The average molecular weight is 416 g/mol. The zero-order valence-electron chi connectivity index (χ0n) is 17.9. The molecule has 0 spiro atoms. The molecule has 0 aliphatic carbocycles. The van der Waals surface area contributed by atoms with Crippen LogP contribution in [0.1, 0.15) is 0 Å². The normalized spacial score (nSPS) is 10.6. The van der Waals surface area contributed by atoms with Crippen molar-refractivity contribution in [2.24, 2.45) is 0 Å². The fraction of sp³-hybridized carbons (Fsp3) is 0.160. The Balaban J connectivity index is 1.92. The second-order valence-electron chi connectivity index (χ2n) is 6.79. The molecule has 0 saturated carbocycles. The summed E-state index contributed by atoms with van der Waals surface area (Å²) in [5.41, 5.74) is 4.53. The first kappa shape index (κ1) is 20.3. The van der Waals surface area contributed by atoms with Gasteiger partial charge in [-0.2, -0.15) is 0 Å². The maximum absolute atomic E-state index is 5.67. The number of nitrogens with zero attached hydrogens (tertiary/aromatic N) is 1. The van der Waals surface area contributed by atoms with Crippen LogP contribution in [0, 0.1) is 0 Å². The second-order valence-corrected chi connectivity index (χ2v) is 6.79. The molecule has 1 N–H and O–H groups in total. The summed E-state index contributed by atoms with van der Waals surface area (Å²) in [7, 11) is 6.44. The number of nitrogens with one attached hydrogen (secondary N) is 1. The van der Waals surface area contributed by atoms with E-state index < -0.39 is 0 Å². The first-order valence-electron chi connectivity index (χ1n) is 9.79. The Morgan fingerprint density at radius 3 is 1.97 bits per heavy atom. The Morgan fingerprint density at radius 2 is 1.35 bits per heavy atom. The third-order valence-electron chi connectivity index (χ3n) is 5.09. The fourth-order valence-electron chi connectivity index (χ4n) is 3.56. The largest absolute Gasteiger partial charge is 0.497 e. The van der Waals surface area contributed by atoms with Crippen LogP contribution in [0.5, 0.6) is 23.0 Å². The number of hydrogen-bond donors (Lipinski definition) is 1. The summed E-state index contributed by atoms with van der Waals surface area (Å²) in [6.45, 7) is 0. The second kappa shape index (κ2) is 8.83. The Morgan fingerprint density at radius 1 is 0.645 bits per heavy atom. The topological polar surface area (TPSA) is 65.6 Å². The SMILES string of the molecule is COc1ccc(-c2[nH]c(-c3ccc(OC)c(OC)c3OC)nc2-c2ccccc2)cc1. The molecule has 3 aromatic carbocycles. The number of benzene rings is 3. The highest BCUT2D eigenvalue weighted by Gasteiger charge is 2.22. The lowest BCUT2D eigenvalue weighted by molar-refractivity contribution is 0.325. The van der Waals surface area contributed by atoms with Crippen LogP contribution in [0.15, 0.2) is 66.7 Å². The highest BCUT2D eigenvalue weighted by Crippen LogP contribution is 2.44. The maximum Gasteiger partial charge on any atom is 0.204 e. The number of hydrogen-bond acceptors (Lipinski definition) is 5. The molecule has 1 aromatic heterocycles. The molecule has 0 radical (unpaired) electrons. The molecule has 0 atom stereocenters. The van der Waals surface area contributed by atoms with Gasteiger partial charge in [0.2, 0.25) is 5.75 Å². The average Bonchev–Trinajstić information content (AvgIpc) is 3.28. The van der Waals surface area contributed by atoms with E-state index in [0.29, 0.717) is 23.1 Å². The molecule has 0 unspecified atom stereocenters. The van der Waals surface area contributed by atoms with Crippen molar-refractivity contribution in [1.29, 1.82) is 0 Å². The van der Waals surface area contributed by atoms with Crippen molar-refractivity contribution >= 4 is 0 Å². The molecule has 31 heavy (non-hydrogen) atoms. The lowest BCUT2D eigenvalue weighted by Crippen LogP contribution is -1.97. The van der Waals surface area contributed by atoms with E-state index in [1.807, 2.05) is 66.7 Å². The van der Waals surface area contributed by atoms with Crippen molar-refractivity contribution in [1.82, 2.24) is 9.97 Å². The van der Waals surface area contributed by atoms with E-state index in [-0.39, 0.29) is 0 Å². The Kier molecular flexibility index (Phi) is 5.80. The Labute approximate surface area is 181 Å². The van der Waals surface area contributed by atoms with Crippen LogP contribution < -0.4 is 18.9 Å². The number of rotatable bonds is 7. The zero-order valence-corrected chi connectivity index (χ0v) is 17.9. The molecule has 0 aliphatic heterocycles. The van der Waals surface area contributed by atoms with E-state index in [9.17, 15) is 0 Å². The van der Waals surface area contributed by atoms with Crippen LogP contribution in [0.4, 0.5) is 0 Å². The Bertz CT molecular complexity index is 1170. The maximum atomic E-state index is 5.67. The molecule has 0 saturated heterocycles. The van der Waals surface area contributed by atoms with Gasteiger partial charge in [-0.05, 0) is 36.4 Å². The molecular weight excluding hydrogens is 392 g/mol. The molecule has 6 heteroatoms. The summed E-state index contributed by atoms with van der Waals surface area (Å²) in [5, 5.41) is 0. The van der Waals surface area contributed by atoms with Gasteiger partial charge in [0.15, 0.2) is 11.5 Å².